The summed E-state index contributed by atoms with van der Waals surface area (Å²) in [6, 6.07) is 1.34. The zero-order chi connectivity index (χ0) is 17.0. The lowest BCUT2D eigenvalue weighted by atomic mass is 10.0. The summed E-state index contributed by atoms with van der Waals surface area (Å²) < 4.78 is 76.6. The molecule has 1 aromatic carbocycles. The van der Waals surface area contributed by atoms with Crippen LogP contribution in [0.15, 0.2) is 35.5 Å². The van der Waals surface area contributed by atoms with Crippen molar-refractivity contribution < 1.29 is 26.3 Å². The number of allylic oxidation sites excluding steroid dienone is 1. The third-order valence-corrected chi connectivity index (χ3v) is 2.66. The Balaban J connectivity index is 3.37. The van der Waals surface area contributed by atoms with Gasteiger partial charge in [-0.05, 0) is 30.8 Å². The molecule has 0 atom stereocenters. The van der Waals surface area contributed by atoms with E-state index in [1.54, 1.807) is 6.08 Å². The Hall–Kier alpha value is -1.99. The van der Waals surface area contributed by atoms with E-state index in [1.807, 2.05) is 6.92 Å². The summed E-state index contributed by atoms with van der Waals surface area (Å²) in [5.41, 5.74) is -3.04. The Labute approximate surface area is 123 Å². The van der Waals surface area contributed by atoms with Crippen LogP contribution >= 0.6 is 0 Å². The van der Waals surface area contributed by atoms with Gasteiger partial charge in [-0.15, -0.1) is 0 Å². The van der Waals surface area contributed by atoms with E-state index in [9.17, 15) is 26.3 Å². The molecular weight excluding hydrogens is 310 g/mol. The van der Waals surface area contributed by atoms with Gasteiger partial charge in [0, 0.05) is 12.6 Å². The number of hydrogen-bond acceptors (Lipinski definition) is 1. The number of halogens is 6. The predicted molar refractivity (Wildman–Crippen MR) is 71.5 cm³/mol. The summed E-state index contributed by atoms with van der Waals surface area (Å²) in [5.74, 6) is -0.0821. The molecule has 0 amide bonds. The lowest BCUT2D eigenvalue weighted by Crippen LogP contribution is -2.21. The second kappa shape index (κ2) is 6.85. The quantitative estimate of drug-likeness (QED) is 0.490. The first-order valence-corrected chi connectivity index (χ1v) is 6.27. The van der Waals surface area contributed by atoms with Gasteiger partial charge in [-0.1, -0.05) is 13.0 Å². The van der Waals surface area contributed by atoms with Crippen LogP contribution < -0.4 is 5.32 Å². The summed E-state index contributed by atoms with van der Waals surface area (Å²) in [5, 5.41) is 2.58. The second-order valence-electron chi connectivity index (χ2n) is 4.32. The number of benzene rings is 1. The number of hydrogen-bond donors (Lipinski definition) is 1. The van der Waals surface area contributed by atoms with Crippen LogP contribution in [0.4, 0.5) is 26.3 Å². The third-order valence-electron chi connectivity index (χ3n) is 2.66. The molecule has 8 heteroatoms. The molecular formula is C14H14F6N2. The van der Waals surface area contributed by atoms with Crippen LogP contribution in [0.25, 0.3) is 0 Å². The van der Waals surface area contributed by atoms with Crippen LogP contribution in [0.1, 0.15) is 30.0 Å². The lowest BCUT2D eigenvalue weighted by molar-refractivity contribution is -0.143. The van der Waals surface area contributed by atoms with E-state index >= 15 is 0 Å². The SMILES string of the molecule is CC/C=C\NC(=NC)c1cc(C(F)(F)F)cc(C(F)(F)F)c1. The van der Waals surface area contributed by atoms with Crippen LogP contribution in [0.2, 0.25) is 0 Å². The molecule has 22 heavy (non-hydrogen) atoms. The van der Waals surface area contributed by atoms with Gasteiger partial charge in [-0.2, -0.15) is 26.3 Å². The van der Waals surface area contributed by atoms with Gasteiger partial charge in [0.05, 0.1) is 11.1 Å². The minimum Gasteiger partial charge on any atom is -0.347 e. The number of amidine groups is 1. The number of aliphatic imine (C=N–C) groups is 1. The smallest absolute Gasteiger partial charge is 0.347 e. The summed E-state index contributed by atoms with van der Waals surface area (Å²) >= 11 is 0. The van der Waals surface area contributed by atoms with Crippen LogP contribution in [-0.2, 0) is 12.4 Å². The summed E-state index contributed by atoms with van der Waals surface area (Å²) in [6.07, 6.45) is -6.04. The maximum atomic E-state index is 12.8. The average molecular weight is 324 g/mol. The van der Waals surface area contributed by atoms with Crippen molar-refractivity contribution in [2.24, 2.45) is 4.99 Å². The molecule has 0 aromatic heterocycles. The van der Waals surface area contributed by atoms with Crippen LogP contribution in [0.3, 0.4) is 0 Å². The monoisotopic (exact) mass is 324 g/mol. The Morgan fingerprint density at radius 1 is 1.05 bits per heavy atom. The zero-order valence-corrected chi connectivity index (χ0v) is 11.8. The van der Waals surface area contributed by atoms with Gasteiger partial charge in [0.25, 0.3) is 0 Å². The van der Waals surface area contributed by atoms with E-state index < -0.39 is 23.5 Å². The van der Waals surface area contributed by atoms with Crippen molar-refractivity contribution in [1.82, 2.24) is 5.32 Å². The molecule has 0 heterocycles. The molecule has 0 bridgehead atoms. The standard InChI is InChI=1S/C14H14F6N2/c1-3-4-5-22-12(21-2)9-6-10(13(15,16)17)8-11(7-9)14(18,19)20/h4-8H,3H2,1-2H3,(H,21,22)/b5-4-. The molecule has 0 aliphatic carbocycles. The van der Waals surface area contributed by atoms with Crippen molar-refractivity contribution in [2.75, 3.05) is 7.05 Å². The molecule has 1 rings (SSSR count). The number of nitrogens with zero attached hydrogens (tertiary/aromatic N) is 1. The van der Waals surface area contributed by atoms with Gasteiger partial charge in [-0.25, -0.2) is 0 Å². The Morgan fingerprint density at radius 3 is 1.91 bits per heavy atom. The topological polar surface area (TPSA) is 24.4 Å². The van der Waals surface area contributed by atoms with Crippen LogP contribution in [0, 0.1) is 0 Å². The van der Waals surface area contributed by atoms with Gasteiger partial charge < -0.3 is 5.32 Å². The summed E-state index contributed by atoms with van der Waals surface area (Å²) in [7, 11) is 1.27. The molecule has 1 aromatic rings. The van der Waals surface area contributed by atoms with Crippen molar-refractivity contribution in [2.45, 2.75) is 25.7 Å². The van der Waals surface area contributed by atoms with E-state index in [0.717, 1.165) is 0 Å². The second-order valence-corrected chi connectivity index (χ2v) is 4.32. The molecule has 122 valence electrons. The highest BCUT2D eigenvalue weighted by molar-refractivity contribution is 5.99. The number of nitrogens with one attached hydrogen (secondary N) is 1. The van der Waals surface area contributed by atoms with Crippen LogP contribution in [-0.4, -0.2) is 12.9 Å². The van der Waals surface area contributed by atoms with Gasteiger partial charge in [0.15, 0.2) is 0 Å². The van der Waals surface area contributed by atoms with E-state index in [4.69, 9.17) is 0 Å². The molecule has 0 aliphatic rings. The highest BCUT2D eigenvalue weighted by Gasteiger charge is 2.37. The highest BCUT2D eigenvalue weighted by Crippen LogP contribution is 2.36. The maximum Gasteiger partial charge on any atom is 0.416 e. The Bertz CT molecular complexity index is 537. The van der Waals surface area contributed by atoms with Crippen LogP contribution in [0.5, 0.6) is 0 Å². The Kier molecular flexibility index (Phi) is 5.62. The van der Waals surface area contributed by atoms with Crippen molar-refractivity contribution in [1.29, 1.82) is 0 Å². The van der Waals surface area contributed by atoms with E-state index in [1.165, 1.54) is 13.2 Å². The molecule has 0 aliphatic heterocycles. The van der Waals surface area contributed by atoms with Gasteiger partial charge in [0.2, 0.25) is 0 Å². The fourth-order valence-electron chi connectivity index (χ4n) is 1.62. The minimum absolute atomic E-state index is 0.0820. The zero-order valence-electron chi connectivity index (χ0n) is 11.8. The highest BCUT2D eigenvalue weighted by atomic mass is 19.4. The molecule has 2 nitrogen and oxygen atoms in total. The largest absolute Gasteiger partial charge is 0.416 e. The number of rotatable bonds is 3. The average Bonchev–Trinajstić information content (AvgIpc) is 2.41. The third kappa shape index (κ3) is 4.78. The summed E-state index contributed by atoms with van der Waals surface area (Å²) in [4.78, 5) is 3.70. The molecule has 0 saturated heterocycles. The lowest BCUT2D eigenvalue weighted by Gasteiger charge is -2.15. The predicted octanol–water partition coefficient (Wildman–Crippen LogP) is 4.61. The van der Waals surface area contributed by atoms with Gasteiger partial charge in [0.1, 0.15) is 5.84 Å². The first-order chi connectivity index (χ1) is 10.1. The summed E-state index contributed by atoms with van der Waals surface area (Å²) in [6.45, 7) is 1.83. The Morgan fingerprint density at radius 2 is 1.55 bits per heavy atom. The first-order valence-electron chi connectivity index (χ1n) is 6.27. The molecule has 0 fully saturated rings. The molecule has 0 radical (unpaired) electrons. The molecule has 0 saturated carbocycles. The van der Waals surface area contributed by atoms with Gasteiger partial charge in [-0.3, -0.25) is 4.99 Å². The van der Waals surface area contributed by atoms with Gasteiger partial charge >= 0.3 is 12.4 Å². The molecule has 0 unspecified atom stereocenters. The van der Waals surface area contributed by atoms with Crippen molar-refractivity contribution in [3.05, 3.63) is 47.2 Å². The van der Waals surface area contributed by atoms with Crippen molar-refractivity contribution >= 4 is 5.84 Å². The molecule has 0 spiro atoms. The maximum absolute atomic E-state index is 12.8. The van der Waals surface area contributed by atoms with E-state index in [2.05, 4.69) is 10.3 Å². The fraction of sp³-hybridized carbons (Fsp3) is 0.357. The van der Waals surface area contributed by atoms with E-state index in [-0.39, 0.29) is 17.5 Å². The fourth-order valence-corrected chi connectivity index (χ4v) is 1.62. The number of alkyl halides is 6. The minimum atomic E-state index is -4.88. The normalized spacial score (nSPS) is 13.7. The van der Waals surface area contributed by atoms with Crippen molar-refractivity contribution in [3.63, 3.8) is 0 Å². The van der Waals surface area contributed by atoms with Crippen molar-refractivity contribution in [3.8, 4) is 0 Å². The van der Waals surface area contributed by atoms with E-state index in [0.29, 0.717) is 18.6 Å². The molecule has 1 N–H and O–H groups in total. The first kappa shape index (κ1) is 18.1.